The largest absolute Gasteiger partial charge is 0.362 e. The normalized spacial score (nSPS) is 10.1. The Balaban J connectivity index is -0.000000233. The number of carbonyl (C=O) groups is 2. The quantitative estimate of drug-likeness (QED) is 0.599. The summed E-state index contributed by atoms with van der Waals surface area (Å²) in [6.07, 6.45) is 4.99. The first-order chi connectivity index (χ1) is 8.55. The number of hydrogen-bond donors (Lipinski definition) is 3. The predicted octanol–water partition coefficient (Wildman–Crippen LogP) is 1.07. The van der Waals surface area contributed by atoms with E-state index in [-0.39, 0.29) is 11.8 Å². The number of ketones is 1. The highest BCUT2D eigenvalue weighted by Crippen LogP contribution is 2.00. The van der Waals surface area contributed by atoms with Crippen LogP contribution in [0.1, 0.15) is 46.5 Å². The maximum atomic E-state index is 10.8. The third-order valence-electron chi connectivity index (χ3n) is 2.09. The van der Waals surface area contributed by atoms with E-state index in [2.05, 4.69) is 24.5 Å². The summed E-state index contributed by atoms with van der Waals surface area (Å²) >= 11 is 0. The average Bonchev–Trinajstić information content (AvgIpc) is 2.40. The van der Waals surface area contributed by atoms with Crippen molar-refractivity contribution in [2.75, 3.05) is 20.6 Å². The average molecular weight is 261 g/mol. The number of rotatable bonds is 7. The Kier molecular flexibility index (Phi) is 26.4. The fourth-order valence-corrected chi connectivity index (χ4v) is 0.959. The molecule has 0 aromatic carbocycles. The maximum absolute atomic E-state index is 10.8. The molecule has 18 heavy (non-hydrogen) atoms. The number of nitrogens with two attached hydrogens (primary N) is 1. The molecule has 1 unspecified atom stereocenters. The van der Waals surface area contributed by atoms with Crippen LogP contribution < -0.4 is 16.4 Å². The lowest BCUT2D eigenvalue weighted by molar-refractivity contribution is -0.119. The van der Waals surface area contributed by atoms with Crippen LogP contribution in [0.25, 0.3) is 0 Å². The van der Waals surface area contributed by atoms with E-state index in [9.17, 15) is 4.79 Å². The summed E-state index contributed by atoms with van der Waals surface area (Å²) in [5, 5.41) is 5.24. The van der Waals surface area contributed by atoms with Crippen LogP contribution >= 0.6 is 0 Å². The first-order valence-corrected chi connectivity index (χ1v) is 6.54. The van der Waals surface area contributed by atoms with Gasteiger partial charge < -0.3 is 16.4 Å². The van der Waals surface area contributed by atoms with Crippen LogP contribution in [0.4, 0.5) is 0 Å². The van der Waals surface area contributed by atoms with Gasteiger partial charge in [-0.3, -0.25) is 9.59 Å². The molecule has 0 aliphatic carbocycles. The molecule has 1 atom stereocenters. The SMILES string of the molecule is CCCCC(NC)C(C)=O.CCCN.CNC=O. The number of hydrogen-bond acceptors (Lipinski definition) is 4. The highest BCUT2D eigenvalue weighted by Gasteiger charge is 2.08. The molecule has 0 saturated heterocycles. The van der Waals surface area contributed by atoms with Gasteiger partial charge in [-0.05, 0) is 33.4 Å². The van der Waals surface area contributed by atoms with E-state index in [4.69, 9.17) is 10.5 Å². The van der Waals surface area contributed by atoms with E-state index >= 15 is 0 Å². The molecule has 5 nitrogen and oxygen atoms in total. The summed E-state index contributed by atoms with van der Waals surface area (Å²) < 4.78 is 0. The molecule has 5 heteroatoms. The van der Waals surface area contributed by atoms with Crippen LogP contribution in [-0.2, 0) is 9.59 Å². The molecular weight excluding hydrogens is 230 g/mol. The van der Waals surface area contributed by atoms with Crippen LogP contribution in [-0.4, -0.2) is 38.9 Å². The number of Topliss-reactive ketones (excluding diaryl/α,β-unsaturated/α-hetero) is 1. The Hall–Kier alpha value is -0.940. The number of nitrogens with one attached hydrogen (secondary N) is 2. The second-order valence-electron chi connectivity index (χ2n) is 3.79. The van der Waals surface area contributed by atoms with Crippen molar-refractivity contribution >= 4 is 12.2 Å². The van der Waals surface area contributed by atoms with Crippen LogP contribution in [0.3, 0.4) is 0 Å². The Morgan fingerprint density at radius 2 is 1.72 bits per heavy atom. The topological polar surface area (TPSA) is 84.2 Å². The zero-order valence-corrected chi connectivity index (χ0v) is 12.6. The molecule has 0 fully saturated rings. The van der Waals surface area contributed by atoms with Gasteiger partial charge in [-0.15, -0.1) is 0 Å². The van der Waals surface area contributed by atoms with E-state index in [0.29, 0.717) is 6.41 Å². The molecule has 0 rings (SSSR count). The van der Waals surface area contributed by atoms with Crippen molar-refractivity contribution in [3.05, 3.63) is 0 Å². The number of amides is 1. The Morgan fingerprint density at radius 3 is 1.89 bits per heavy atom. The lowest BCUT2D eigenvalue weighted by atomic mass is 10.1. The molecule has 110 valence electrons. The Morgan fingerprint density at radius 1 is 1.28 bits per heavy atom. The summed E-state index contributed by atoms with van der Waals surface area (Å²) in [4.78, 5) is 19.9. The number of likely N-dealkylation sites (N-methyl/N-ethyl adjacent to an activating group) is 1. The highest BCUT2D eigenvalue weighted by atomic mass is 16.1. The first kappa shape index (κ1) is 22.3. The zero-order chi connectivity index (χ0) is 14.8. The highest BCUT2D eigenvalue weighted by molar-refractivity contribution is 5.81. The smallest absolute Gasteiger partial charge is 0.206 e. The summed E-state index contributed by atoms with van der Waals surface area (Å²) in [5.74, 6) is 0.246. The van der Waals surface area contributed by atoms with Crippen molar-refractivity contribution in [2.24, 2.45) is 5.73 Å². The summed E-state index contributed by atoms with van der Waals surface area (Å²) in [5.41, 5.74) is 5.03. The minimum absolute atomic E-state index is 0.0833. The molecule has 0 aliphatic heterocycles. The predicted molar refractivity (Wildman–Crippen MR) is 77.5 cm³/mol. The van der Waals surface area contributed by atoms with Crippen LogP contribution in [0.15, 0.2) is 0 Å². The van der Waals surface area contributed by atoms with E-state index < -0.39 is 0 Å². The van der Waals surface area contributed by atoms with Gasteiger partial charge in [0.1, 0.15) is 5.78 Å². The van der Waals surface area contributed by atoms with Gasteiger partial charge in [0.2, 0.25) is 6.41 Å². The Bertz CT molecular complexity index is 174. The van der Waals surface area contributed by atoms with Crippen molar-refractivity contribution in [1.82, 2.24) is 10.6 Å². The van der Waals surface area contributed by atoms with E-state index in [1.54, 1.807) is 14.0 Å². The molecule has 0 heterocycles. The van der Waals surface area contributed by atoms with Crippen LogP contribution in [0.2, 0.25) is 0 Å². The van der Waals surface area contributed by atoms with Crippen molar-refractivity contribution in [1.29, 1.82) is 0 Å². The first-order valence-electron chi connectivity index (χ1n) is 6.54. The summed E-state index contributed by atoms with van der Waals surface area (Å²) in [7, 11) is 3.40. The fraction of sp³-hybridized carbons (Fsp3) is 0.846. The monoisotopic (exact) mass is 261 g/mol. The van der Waals surface area contributed by atoms with Crippen molar-refractivity contribution in [3.8, 4) is 0 Å². The van der Waals surface area contributed by atoms with Gasteiger partial charge >= 0.3 is 0 Å². The molecule has 0 aromatic heterocycles. The standard InChI is InChI=1S/C8H17NO.C3H9N.C2H5NO/c1-4-5-6-8(9-3)7(2)10;1-2-3-4;1-3-2-4/h8-9H,4-6H2,1-3H3;2-4H2,1H3;2H,1H3,(H,3,4). The van der Waals surface area contributed by atoms with Gasteiger partial charge in [0, 0.05) is 7.05 Å². The Labute approximate surface area is 112 Å². The molecule has 0 spiro atoms. The molecule has 0 radical (unpaired) electrons. The van der Waals surface area contributed by atoms with E-state index in [1.165, 1.54) is 0 Å². The fourth-order valence-electron chi connectivity index (χ4n) is 0.959. The second-order valence-corrected chi connectivity index (χ2v) is 3.79. The van der Waals surface area contributed by atoms with Gasteiger partial charge in [0.25, 0.3) is 0 Å². The van der Waals surface area contributed by atoms with Crippen LogP contribution in [0.5, 0.6) is 0 Å². The number of unbranched alkanes of at least 4 members (excludes halogenated alkanes) is 1. The van der Waals surface area contributed by atoms with Crippen molar-refractivity contribution in [3.63, 3.8) is 0 Å². The van der Waals surface area contributed by atoms with Gasteiger partial charge in [0.05, 0.1) is 6.04 Å². The van der Waals surface area contributed by atoms with E-state index in [1.807, 2.05) is 7.05 Å². The summed E-state index contributed by atoms with van der Waals surface area (Å²) in [6, 6.07) is 0.0833. The number of carbonyl (C=O) groups excluding carboxylic acids is 2. The van der Waals surface area contributed by atoms with Gasteiger partial charge in [-0.1, -0.05) is 26.7 Å². The summed E-state index contributed by atoms with van der Waals surface area (Å²) in [6.45, 7) is 6.64. The van der Waals surface area contributed by atoms with Gasteiger partial charge in [0.15, 0.2) is 0 Å². The maximum Gasteiger partial charge on any atom is 0.206 e. The third kappa shape index (κ3) is 24.3. The lowest BCUT2D eigenvalue weighted by Crippen LogP contribution is -2.31. The lowest BCUT2D eigenvalue weighted by Gasteiger charge is -2.10. The van der Waals surface area contributed by atoms with Crippen molar-refractivity contribution in [2.45, 2.75) is 52.5 Å². The molecule has 0 aromatic rings. The van der Waals surface area contributed by atoms with Gasteiger partial charge in [-0.2, -0.15) is 0 Å². The van der Waals surface area contributed by atoms with Crippen LogP contribution in [0, 0.1) is 0 Å². The molecule has 0 aliphatic rings. The minimum atomic E-state index is 0.0833. The molecule has 0 bridgehead atoms. The van der Waals surface area contributed by atoms with Gasteiger partial charge in [-0.25, -0.2) is 0 Å². The molecule has 0 saturated carbocycles. The minimum Gasteiger partial charge on any atom is -0.362 e. The molecular formula is C13H31N3O2. The second kappa shape index (κ2) is 21.4. The zero-order valence-electron chi connectivity index (χ0n) is 12.6. The van der Waals surface area contributed by atoms with E-state index in [0.717, 1.165) is 32.2 Å². The molecule has 4 N–H and O–H groups in total. The van der Waals surface area contributed by atoms with Crippen molar-refractivity contribution < 1.29 is 9.59 Å². The molecule has 1 amide bonds. The third-order valence-corrected chi connectivity index (χ3v) is 2.09.